The lowest BCUT2D eigenvalue weighted by molar-refractivity contribution is -0.141. The van der Waals surface area contributed by atoms with Gasteiger partial charge in [0.2, 0.25) is 0 Å². The van der Waals surface area contributed by atoms with Crippen LogP contribution >= 0.6 is 27.3 Å². The molecule has 1 N–H and O–H groups in total. The summed E-state index contributed by atoms with van der Waals surface area (Å²) in [6, 6.07) is 5.05. The second-order valence-corrected chi connectivity index (χ2v) is 5.84. The quantitative estimate of drug-likeness (QED) is 0.845. The molecular formula is C12H7BrF3NO2S. The number of carbonyl (C=O) groups is 1. The number of nitrogens with zero attached hydrogens (tertiary/aromatic N) is 1. The number of benzene rings is 1. The SMILES string of the molecule is Cc1ccc(-c2nc(C(F)(F)F)c(C(=O)O)s2)c(Br)c1. The van der Waals surface area contributed by atoms with E-state index in [2.05, 4.69) is 20.9 Å². The maximum absolute atomic E-state index is 12.8. The zero-order valence-electron chi connectivity index (χ0n) is 9.95. The Morgan fingerprint density at radius 1 is 1.40 bits per heavy atom. The van der Waals surface area contributed by atoms with Crippen molar-refractivity contribution in [1.29, 1.82) is 0 Å². The summed E-state index contributed by atoms with van der Waals surface area (Å²) in [6.45, 7) is 1.83. The van der Waals surface area contributed by atoms with E-state index in [1.165, 1.54) is 0 Å². The molecule has 0 atom stereocenters. The normalized spacial score (nSPS) is 11.7. The van der Waals surface area contributed by atoms with Gasteiger partial charge in [-0.1, -0.05) is 28.1 Å². The van der Waals surface area contributed by atoms with Gasteiger partial charge in [0.05, 0.1) is 0 Å². The lowest BCUT2D eigenvalue weighted by Gasteiger charge is -2.03. The average Bonchev–Trinajstić information content (AvgIpc) is 2.73. The highest BCUT2D eigenvalue weighted by molar-refractivity contribution is 9.10. The van der Waals surface area contributed by atoms with Crippen LogP contribution in [0.25, 0.3) is 10.6 Å². The minimum Gasteiger partial charge on any atom is -0.477 e. The van der Waals surface area contributed by atoms with Crippen LogP contribution in [-0.4, -0.2) is 16.1 Å². The topological polar surface area (TPSA) is 50.2 Å². The molecular weight excluding hydrogens is 359 g/mol. The van der Waals surface area contributed by atoms with Gasteiger partial charge in [-0.15, -0.1) is 11.3 Å². The summed E-state index contributed by atoms with van der Waals surface area (Å²) >= 11 is 3.75. The van der Waals surface area contributed by atoms with Gasteiger partial charge in [-0.2, -0.15) is 13.2 Å². The van der Waals surface area contributed by atoms with Gasteiger partial charge in [0.25, 0.3) is 0 Å². The van der Waals surface area contributed by atoms with Crippen LogP contribution in [0.2, 0.25) is 0 Å². The summed E-state index contributed by atoms with van der Waals surface area (Å²) in [5.41, 5.74) is -0.0113. The van der Waals surface area contributed by atoms with Crippen molar-refractivity contribution in [3.05, 3.63) is 38.8 Å². The van der Waals surface area contributed by atoms with Crippen molar-refractivity contribution in [2.75, 3.05) is 0 Å². The maximum Gasteiger partial charge on any atom is 0.435 e. The van der Waals surface area contributed by atoms with Crippen molar-refractivity contribution in [3.8, 4) is 10.6 Å². The molecule has 0 unspecified atom stereocenters. The van der Waals surface area contributed by atoms with Crippen LogP contribution in [0.15, 0.2) is 22.7 Å². The van der Waals surface area contributed by atoms with E-state index < -0.39 is 22.7 Å². The number of carboxylic acid groups (broad SMARTS) is 1. The molecule has 0 saturated carbocycles. The summed E-state index contributed by atoms with van der Waals surface area (Å²) in [7, 11) is 0. The van der Waals surface area contributed by atoms with E-state index in [1.54, 1.807) is 18.2 Å². The van der Waals surface area contributed by atoms with Gasteiger partial charge in [-0.05, 0) is 18.6 Å². The van der Waals surface area contributed by atoms with E-state index in [-0.39, 0.29) is 5.01 Å². The summed E-state index contributed by atoms with van der Waals surface area (Å²) in [6.07, 6.45) is -4.79. The molecule has 0 spiro atoms. The molecule has 0 fully saturated rings. The van der Waals surface area contributed by atoms with Gasteiger partial charge in [0.1, 0.15) is 9.88 Å². The highest BCUT2D eigenvalue weighted by Crippen LogP contribution is 2.39. The number of aryl methyl sites for hydroxylation is 1. The van der Waals surface area contributed by atoms with Crippen LogP contribution in [0, 0.1) is 6.92 Å². The number of carboxylic acids is 1. The largest absolute Gasteiger partial charge is 0.477 e. The Balaban J connectivity index is 2.62. The molecule has 1 aromatic heterocycles. The third-order valence-electron chi connectivity index (χ3n) is 2.44. The standard InChI is InChI=1S/C12H7BrF3NO2S/c1-5-2-3-6(7(13)4-5)10-17-9(12(14,15)16)8(20-10)11(18)19/h2-4H,1H3,(H,18,19). The number of alkyl halides is 3. The molecule has 20 heavy (non-hydrogen) atoms. The molecule has 1 heterocycles. The highest BCUT2D eigenvalue weighted by Gasteiger charge is 2.39. The second-order valence-electron chi connectivity index (χ2n) is 3.98. The summed E-state index contributed by atoms with van der Waals surface area (Å²) < 4.78 is 38.9. The zero-order chi connectivity index (χ0) is 15.1. The molecule has 2 aromatic rings. The Labute approximate surface area is 124 Å². The minimum absolute atomic E-state index is 0.0154. The molecule has 0 radical (unpaired) electrons. The first-order valence-corrected chi connectivity index (χ1v) is 6.89. The van der Waals surface area contributed by atoms with Crippen molar-refractivity contribution in [2.45, 2.75) is 13.1 Å². The molecule has 2 rings (SSSR count). The van der Waals surface area contributed by atoms with E-state index in [0.717, 1.165) is 5.56 Å². The Hall–Kier alpha value is -1.41. The predicted molar refractivity (Wildman–Crippen MR) is 71.9 cm³/mol. The molecule has 0 aliphatic rings. The highest BCUT2D eigenvalue weighted by atomic mass is 79.9. The number of hydrogen-bond donors (Lipinski definition) is 1. The number of thiazole rings is 1. The maximum atomic E-state index is 12.8. The number of rotatable bonds is 2. The summed E-state index contributed by atoms with van der Waals surface area (Å²) in [5.74, 6) is -1.63. The first-order chi connectivity index (χ1) is 9.20. The van der Waals surface area contributed by atoms with Crippen LogP contribution < -0.4 is 0 Å². The van der Waals surface area contributed by atoms with Gasteiger partial charge in [-0.25, -0.2) is 9.78 Å². The van der Waals surface area contributed by atoms with Crippen molar-refractivity contribution >= 4 is 33.2 Å². The average molecular weight is 366 g/mol. The van der Waals surface area contributed by atoms with Gasteiger partial charge in [-0.3, -0.25) is 0 Å². The lowest BCUT2D eigenvalue weighted by Crippen LogP contribution is -2.11. The fraction of sp³-hybridized carbons (Fsp3) is 0.167. The monoisotopic (exact) mass is 365 g/mol. The molecule has 0 aliphatic carbocycles. The third kappa shape index (κ3) is 2.85. The summed E-state index contributed by atoms with van der Waals surface area (Å²) in [4.78, 5) is 13.6. The van der Waals surface area contributed by atoms with Crippen molar-refractivity contribution in [2.24, 2.45) is 0 Å². The van der Waals surface area contributed by atoms with Crippen LogP contribution in [0.4, 0.5) is 13.2 Å². The number of aromatic carboxylic acids is 1. The molecule has 3 nitrogen and oxygen atoms in total. The van der Waals surface area contributed by atoms with E-state index in [0.29, 0.717) is 21.4 Å². The molecule has 0 saturated heterocycles. The fourth-order valence-electron chi connectivity index (χ4n) is 1.57. The van der Waals surface area contributed by atoms with E-state index >= 15 is 0 Å². The van der Waals surface area contributed by atoms with Crippen LogP contribution in [0.3, 0.4) is 0 Å². The fourth-order valence-corrected chi connectivity index (χ4v) is 3.34. The molecule has 0 bridgehead atoms. The Bertz CT molecular complexity index is 682. The Kier molecular flexibility index (Phi) is 3.88. The van der Waals surface area contributed by atoms with Crippen LogP contribution in [0.5, 0.6) is 0 Å². The first kappa shape index (κ1) is 15.0. The second kappa shape index (κ2) is 5.17. The third-order valence-corrected chi connectivity index (χ3v) is 4.18. The van der Waals surface area contributed by atoms with E-state index in [9.17, 15) is 18.0 Å². The van der Waals surface area contributed by atoms with E-state index in [4.69, 9.17) is 5.11 Å². The molecule has 1 aromatic carbocycles. The lowest BCUT2D eigenvalue weighted by atomic mass is 10.2. The number of halogens is 4. The van der Waals surface area contributed by atoms with Crippen LogP contribution in [-0.2, 0) is 6.18 Å². The Morgan fingerprint density at radius 3 is 2.50 bits per heavy atom. The molecule has 0 aliphatic heterocycles. The first-order valence-electron chi connectivity index (χ1n) is 5.28. The number of aromatic nitrogens is 1. The van der Waals surface area contributed by atoms with Crippen molar-refractivity contribution in [1.82, 2.24) is 4.98 Å². The predicted octanol–water partition coefficient (Wildman–Crippen LogP) is 4.60. The zero-order valence-corrected chi connectivity index (χ0v) is 12.4. The van der Waals surface area contributed by atoms with E-state index in [1.807, 2.05) is 6.92 Å². The molecule has 0 amide bonds. The minimum atomic E-state index is -4.79. The number of hydrogen-bond acceptors (Lipinski definition) is 3. The Morgan fingerprint density at radius 2 is 2.05 bits per heavy atom. The van der Waals surface area contributed by atoms with Crippen molar-refractivity contribution < 1.29 is 23.1 Å². The van der Waals surface area contributed by atoms with Gasteiger partial charge >= 0.3 is 12.1 Å². The molecule has 8 heteroatoms. The van der Waals surface area contributed by atoms with Gasteiger partial charge in [0.15, 0.2) is 5.69 Å². The molecule has 106 valence electrons. The van der Waals surface area contributed by atoms with Crippen molar-refractivity contribution in [3.63, 3.8) is 0 Å². The van der Waals surface area contributed by atoms with Gasteiger partial charge in [0, 0.05) is 10.0 Å². The van der Waals surface area contributed by atoms with Crippen LogP contribution in [0.1, 0.15) is 20.9 Å². The smallest absolute Gasteiger partial charge is 0.435 e. The van der Waals surface area contributed by atoms with Gasteiger partial charge < -0.3 is 5.11 Å². The summed E-state index contributed by atoms with van der Waals surface area (Å²) in [5, 5.41) is 8.88.